The van der Waals surface area contributed by atoms with E-state index in [9.17, 15) is 0 Å². The molecule has 0 spiro atoms. The molecule has 0 bridgehead atoms. The Labute approximate surface area is 173 Å². The summed E-state index contributed by atoms with van der Waals surface area (Å²) in [5, 5.41) is 6.15. The maximum Gasteiger partial charge on any atom is 0.124 e. The van der Waals surface area contributed by atoms with Crippen LogP contribution in [0.15, 0.2) is 91.0 Å². The summed E-state index contributed by atoms with van der Waals surface area (Å²) in [6, 6.07) is 32.1. The zero-order valence-corrected chi connectivity index (χ0v) is 17.1. The first-order valence-electron chi connectivity index (χ1n) is 10.2. The normalized spacial score (nSPS) is 12.1. The highest BCUT2D eigenvalue weighted by molar-refractivity contribution is 5.87. The SMILES string of the molecule is Cc1cccc(COc2ccc3ccccc3c2CN[C@H](C)c2ccccc2)c1. The van der Waals surface area contributed by atoms with Crippen molar-refractivity contribution in [3.8, 4) is 5.75 Å². The van der Waals surface area contributed by atoms with Crippen molar-refractivity contribution in [2.24, 2.45) is 0 Å². The number of nitrogens with one attached hydrogen (secondary N) is 1. The van der Waals surface area contributed by atoms with Gasteiger partial charge in [0.1, 0.15) is 12.4 Å². The van der Waals surface area contributed by atoms with Crippen LogP contribution in [0.4, 0.5) is 0 Å². The minimum atomic E-state index is 0.264. The first-order chi connectivity index (χ1) is 14.2. The molecule has 1 atom stereocenters. The first-order valence-corrected chi connectivity index (χ1v) is 10.2. The van der Waals surface area contributed by atoms with E-state index in [-0.39, 0.29) is 6.04 Å². The summed E-state index contributed by atoms with van der Waals surface area (Å²) in [7, 11) is 0. The minimum absolute atomic E-state index is 0.264. The van der Waals surface area contributed by atoms with Crippen LogP contribution < -0.4 is 10.1 Å². The Kier molecular flexibility index (Phi) is 5.92. The molecular formula is C27H27NO. The third-order valence-corrected chi connectivity index (χ3v) is 5.36. The van der Waals surface area contributed by atoms with Crippen LogP contribution in [0.2, 0.25) is 0 Å². The monoisotopic (exact) mass is 381 g/mol. The molecule has 4 aromatic carbocycles. The highest BCUT2D eigenvalue weighted by Crippen LogP contribution is 2.29. The highest BCUT2D eigenvalue weighted by atomic mass is 16.5. The molecule has 0 aliphatic heterocycles. The van der Waals surface area contributed by atoms with E-state index < -0.39 is 0 Å². The average molecular weight is 382 g/mol. The number of hydrogen-bond donors (Lipinski definition) is 1. The number of aryl methyl sites for hydroxylation is 1. The highest BCUT2D eigenvalue weighted by Gasteiger charge is 2.12. The maximum absolute atomic E-state index is 6.28. The van der Waals surface area contributed by atoms with Crippen LogP contribution in [-0.2, 0) is 13.2 Å². The van der Waals surface area contributed by atoms with Crippen molar-refractivity contribution >= 4 is 10.8 Å². The summed E-state index contributed by atoms with van der Waals surface area (Å²) in [5.41, 5.74) is 4.94. The summed E-state index contributed by atoms with van der Waals surface area (Å²) in [6.07, 6.45) is 0. The predicted molar refractivity (Wildman–Crippen MR) is 121 cm³/mol. The van der Waals surface area contributed by atoms with Gasteiger partial charge in [0.05, 0.1) is 0 Å². The van der Waals surface area contributed by atoms with Gasteiger partial charge in [-0.2, -0.15) is 0 Å². The van der Waals surface area contributed by atoms with Crippen LogP contribution in [0.25, 0.3) is 10.8 Å². The molecule has 0 saturated carbocycles. The van der Waals surface area contributed by atoms with E-state index in [0.29, 0.717) is 6.61 Å². The summed E-state index contributed by atoms with van der Waals surface area (Å²) in [6.45, 7) is 5.63. The molecule has 146 valence electrons. The van der Waals surface area contributed by atoms with Crippen LogP contribution in [0.3, 0.4) is 0 Å². The van der Waals surface area contributed by atoms with Crippen LogP contribution >= 0.6 is 0 Å². The zero-order valence-electron chi connectivity index (χ0n) is 17.1. The smallest absolute Gasteiger partial charge is 0.124 e. The fourth-order valence-electron chi connectivity index (χ4n) is 3.71. The zero-order chi connectivity index (χ0) is 20.1. The Bertz CT molecular complexity index is 1090. The lowest BCUT2D eigenvalue weighted by molar-refractivity contribution is 0.302. The molecule has 4 rings (SSSR count). The molecule has 0 fully saturated rings. The molecule has 2 heteroatoms. The Balaban J connectivity index is 1.58. The van der Waals surface area contributed by atoms with E-state index in [2.05, 4.69) is 110 Å². The molecule has 0 aliphatic rings. The molecule has 0 amide bonds. The lowest BCUT2D eigenvalue weighted by atomic mass is 10.0. The predicted octanol–water partition coefficient (Wildman–Crippen LogP) is 6.58. The minimum Gasteiger partial charge on any atom is -0.489 e. The molecule has 1 N–H and O–H groups in total. The van der Waals surface area contributed by atoms with Gasteiger partial charge < -0.3 is 10.1 Å². The molecular weight excluding hydrogens is 354 g/mol. The van der Waals surface area contributed by atoms with Crippen molar-refractivity contribution in [1.82, 2.24) is 5.32 Å². The number of hydrogen-bond acceptors (Lipinski definition) is 2. The Morgan fingerprint density at radius 2 is 1.62 bits per heavy atom. The second-order valence-corrected chi connectivity index (χ2v) is 7.55. The van der Waals surface area contributed by atoms with E-state index in [1.165, 1.54) is 33.0 Å². The van der Waals surface area contributed by atoms with Gasteiger partial charge in [-0.3, -0.25) is 0 Å². The topological polar surface area (TPSA) is 21.3 Å². The van der Waals surface area contributed by atoms with Gasteiger partial charge in [-0.05, 0) is 41.8 Å². The Hall–Kier alpha value is -3.10. The van der Waals surface area contributed by atoms with Gasteiger partial charge in [0, 0.05) is 18.2 Å². The van der Waals surface area contributed by atoms with Crippen molar-refractivity contribution in [2.75, 3.05) is 0 Å². The van der Waals surface area contributed by atoms with Crippen LogP contribution in [0, 0.1) is 6.92 Å². The fraction of sp³-hybridized carbons (Fsp3) is 0.185. The van der Waals surface area contributed by atoms with Crippen molar-refractivity contribution in [3.63, 3.8) is 0 Å². The van der Waals surface area contributed by atoms with E-state index in [4.69, 9.17) is 4.74 Å². The standard InChI is InChI=1S/C27H27NO/c1-20-9-8-10-22(17-20)19-29-27-16-15-24-13-6-7-14-25(24)26(27)18-28-21(2)23-11-4-3-5-12-23/h3-17,21,28H,18-19H2,1-2H3/t21-/m1/s1. The van der Waals surface area contributed by atoms with Crippen molar-refractivity contribution in [2.45, 2.75) is 33.0 Å². The van der Waals surface area contributed by atoms with Crippen LogP contribution in [0.5, 0.6) is 5.75 Å². The molecule has 0 radical (unpaired) electrons. The Morgan fingerprint density at radius 3 is 2.45 bits per heavy atom. The van der Waals surface area contributed by atoms with Gasteiger partial charge in [0.15, 0.2) is 0 Å². The molecule has 0 aromatic heterocycles. The van der Waals surface area contributed by atoms with Gasteiger partial charge in [-0.25, -0.2) is 0 Å². The van der Waals surface area contributed by atoms with Crippen LogP contribution in [0.1, 0.15) is 35.2 Å². The van der Waals surface area contributed by atoms with Gasteiger partial charge in [-0.1, -0.05) is 90.5 Å². The lowest BCUT2D eigenvalue weighted by Gasteiger charge is -2.18. The molecule has 29 heavy (non-hydrogen) atoms. The second kappa shape index (κ2) is 8.93. The quantitative estimate of drug-likeness (QED) is 0.390. The second-order valence-electron chi connectivity index (χ2n) is 7.55. The van der Waals surface area contributed by atoms with Gasteiger partial charge in [0.2, 0.25) is 0 Å². The van der Waals surface area contributed by atoms with Crippen molar-refractivity contribution in [3.05, 3.63) is 113 Å². The summed E-state index contributed by atoms with van der Waals surface area (Å²) in [5.74, 6) is 0.943. The number of benzene rings is 4. The summed E-state index contributed by atoms with van der Waals surface area (Å²) in [4.78, 5) is 0. The average Bonchev–Trinajstić information content (AvgIpc) is 2.77. The van der Waals surface area contributed by atoms with E-state index in [1.807, 2.05) is 0 Å². The van der Waals surface area contributed by atoms with Crippen molar-refractivity contribution < 1.29 is 4.74 Å². The third kappa shape index (κ3) is 4.67. The van der Waals surface area contributed by atoms with E-state index >= 15 is 0 Å². The molecule has 4 aromatic rings. The summed E-state index contributed by atoms with van der Waals surface area (Å²) >= 11 is 0. The molecule has 0 heterocycles. The lowest BCUT2D eigenvalue weighted by Crippen LogP contribution is -2.18. The molecule has 0 aliphatic carbocycles. The fourth-order valence-corrected chi connectivity index (χ4v) is 3.71. The number of rotatable bonds is 7. The molecule has 0 saturated heterocycles. The van der Waals surface area contributed by atoms with E-state index in [0.717, 1.165) is 12.3 Å². The van der Waals surface area contributed by atoms with Crippen LogP contribution in [-0.4, -0.2) is 0 Å². The largest absolute Gasteiger partial charge is 0.489 e. The van der Waals surface area contributed by atoms with Gasteiger partial charge in [0.25, 0.3) is 0 Å². The molecule has 0 unspecified atom stereocenters. The Morgan fingerprint density at radius 1 is 0.828 bits per heavy atom. The first kappa shape index (κ1) is 19.2. The van der Waals surface area contributed by atoms with Gasteiger partial charge >= 0.3 is 0 Å². The molecule has 2 nitrogen and oxygen atoms in total. The number of fused-ring (bicyclic) bond motifs is 1. The van der Waals surface area contributed by atoms with Gasteiger partial charge in [-0.15, -0.1) is 0 Å². The van der Waals surface area contributed by atoms with Crippen molar-refractivity contribution in [1.29, 1.82) is 0 Å². The maximum atomic E-state index is 6.28. The van der Waals surface area contributed by atoms with E-state index in [1.54, 1.807) is 0 Å². The third-order valence-electron chi connectivity index (χ3n) is 5.36. The number of ether oxygens (including phenoxy) is 1. The summed E-state index contributed by atoms with van der Waals surface area (Å²) < 4.78 is 6.28.